The van der Waals surface area contributed by atoms with Crippen molar-refractivity contribution in [2.45, 2.75) is 25.1 Å². The molecule has 3 aromatic carbocycles. The van der Waals surface area contributed by atoms with Gasteiger partial charge in [0.1, 0.15) is 5.75 Å². The molecule has 3 aromatic rings. The van der Waals surface area contributed by atoms with Crippen LogP contribution in [0.5, 0.6) is 23.0 Å². The van der Waals surface area contributed by atoms with Crippen LogP contribution >= 0.6 is 0 Å². The average molecular weight is 475 g/mol. The molecule has 0 spiro atoms. The van der Waals surface area contributed by atoms with Gasteiger partial charge in [-0.2, -0.15) is 0 Å². The van der Waals surface area contributed by atoms with Gasteiger partial charge in [0.05, 0.1) is 27.4 Å². The van der Waals surface area contributed by atoms with Crippen molar-refractivity contribution in [2.24, 2.45) is 0 Å². The standard InChI is InChI=1S/C27H26N2O6/c1-27-16-20(19-12-8-9-13-21(19)35-27)28(26(31)29(27)18-10-6-5-7-11-18)25(30)17-14-22(32-2)24(34-4)23(15-17)33-3/h5-15,20H,16H2,1-4H3. The fourth-order valence-corrected chi connectivity index (χ4v) is 4.94. The Morgan fingerprint density at radius 3 is 2.20 bits per heavy atom. The molecular formula is C27H26N2O6. The highest BCUT2D eigenvalue weighted by Crippen LogP contribution is 2.50. The zero-order chi connectivity index (χ0) is 24.7. The largest absolute Gasteiger partial charge is 0.493 e. The molecule has 0 saturated carbocycles. The molecule has 5 rings (SSSR count). The summed E-state index contributed by atoms with van der Waals surface area (Å²) in [7, 11) is 4.46. The van der Waals surface area contributed by atoms with Crippen molar-refractivity contribution in [1.82, 2.24) is 4.90 Å². The van der Waals surface area contributed by atoms with Crippen LogP contribution in [0.3, 0.4) is 0 Å². The number of methoxy groups -OCH3 is 3. The van der Waals surface area contributed by atoms with Crippen molar-refractivity contribution in [1.29, 1.82) is 0 Å². The fourth-order valence-electron chi connectivity index (χ4n) is 4.94. The molecule has 0 radical (unpaired) electrons. The van der Waals surface area contributed by atoms with Crippen LogP contribution in [0.25, 0.3) is 0 Å². The Labute approximate surface area is 203 Å². The first-order valence-corrected chi connectivity index (χ1v) is 11.2. The Morgan fingerprint density at radius 2 is 1.57 bits per heavy atom. The number of imide groups is 1. The molecule has 8 heteroatoms. The summed E-state index contributed by atoms with van der Waals surface area (Å²) in [4.78, 5) is 30.9. The van der Waals surface area contributed by atoms with Crippen molar-refractivity contribution in [2.75, 3.05) is 26.2 Å². The number of amides is 3. The molecule has 2 unspecified atom stereocenters. The molecule has 1 fully saturated rings. The van der Waals surface area contributed by atoms with Crippen LogP contribution in [0, 0.1) is 0 Å². The predicted molar refractivity (Wildman–Crippen MR) is 129 cm³/mol. The van der Waals surface area contributed by atoms with Gasteiger partial charge >= 0.3 is 6.03 Å². The lowest BCUT2D eigenvalue weighted by atomic mass is 9.88. The first-order valence-electron chi connectivity index (χ1n) is 11.2. The van der Waals surface area contributed by atoms with Crippen molar-refractivity contribution >= 4 is 17.6 Å². The monoisotopic (exact) mass is 474 g/mol. The van der Waals surface area contributed by atoms with Crippen LogP contribution in [0.1, 0.15) is 35.3 Å². The van der Waals surface area contributed by atoms with Gasteiger partial charge in [-0.15, -0.1) is 0 Å². The summed E-state index contributed by atoms with van der Waals surface area (Å²) in [5.41, 5.74) is 0.699. The molecule has 2 aliphatic heterocycles. The van der Waals surface area contributed by atoms with Crippen LogP contribution in [0.15, 0.2) is 66.7 Å². The van der Waals surface area contributed by atoms with E-state index in [4.69, 9.17) is 18.9 Å². The SMILES string of the molecule is COc1cc(C(=O)N2C(=O)N(c3ccccc3)C3(C)CC2c2ccccc2O3)cc(OC)c1OC. The molecule has 2 aliphatic rings. The number of hydrogen-bond donors (Lipinski definition) is 0. The minimum Gasteiger partial charge on any atom is -0.493 e. The predicted octanol–water partition coefficient (Wildman–Crippen LogP) is 5.03. The minimum atomic E-state index is -0.969. The second-order valence-electron chi connectivity index (χ2n) is 8.58. The van der Waals surface area contributed by atoms with E-state index in [1.54, 1.807) is 17.0 Å². The topological polar surface area (TPSA) is 77.5 Å². The van der Waals surface area contributed by atoms with Crippen molar-refractivity contribution in [3.63, 3.8) is 0 Å². The minimum absolute atomic E-state index is 0.244. The van der Waals surface area contributed by atoms with E-state index in [-0.39, 0.29) is 5.56 Å². The third kappa shape index (κ3) is 3.53. The first-order chi connectivity index (χ1) is 16.9. The number of para-hydroxylation sites is 2. The zero-order valence-corrected chi connectivity index (χ0v) is 20.0. The van der Waals surface area contributed by atoms with Crippen LogP contribution in [-0.4, -0.2) is 43.9 Å². The Morgan fingerprint density at radius 1 is 0.943 bits per heavy atom. The van der Waals surface area contributed by atoms with E-state index in [0.29, 0.717) is 35.1 Å². The van der Waals surface area contributed by atoms with E-state index in [9.17, 15) is 9.59 Å². The lowest BCUT2D eigenvalue weighted by Gasteiger charge is -2.53. The first kappa shape index (κ1) is 22.6. The number of hydrogen-bond acceptors (Lipinski definition) is 6. The van der Waals surface area contributed by atoms with Gasteiger partial charge in [0.2, 0.25) is 5.75 Å². The number of rotatable bonds is 5. The number of urea groups is 1. The summed E-state index contributed by atoms with van der Waals surface area (Å²) in [6.45, 7) is 1.88. The molecule has 2 atom stereocenters. The Hall–Kier alpha value is -4.20. The molecule has 2 heterocycles. The van der Waals surface area contributed by atoms with Gasteiger partial charge < -0.3 is 18.9 Å². The second kappa shape index (κ2) is 8.54. The fraction of sp³-hybridized carbons (Fsp3) is 0.259. The number of fused-ring (bicyclic) bond motifs is 4. The second-order valence-corrected chi connectivity index (χ2v) is 8.58. The van der Waals surface area contributed by atoms with Crippen molar-refractivity contribution < 1.29 is 28.5 Å². The van der Waals surface area contributed by atoms with Crippen LogP contribution in [0.4, 0.5) is 10.5 Å². The molecule has 0 aliphatic carbocycles. The van der Waals surface area contributed by atoms with Crippen LogP contribution in [-0.2, 0) is 0 Å². The normalized spacial score (nSPS) is 20.6. The Balaban J connectivity index is 1.67. The highest BCUT2D eigenvalue weighted by atomic mass is 16.5. The van der Waals surface area contributed by atoms with Crippen molar-refractivity contribution in [3.05, 3.63) is 77.9 Å². The van der Waals surface area contributed by atoms with Gasteiger partial charge in [0, 0.05) is 23.2 Å². The summed E-state index contributed by atoms with van der Waals surface area (Å²) in [6.07, 6.45) is 0.404. The Bertz CT molecular complexity index is 1270. The van der Waals surface area contributed by atoms with E-state index in [2.05, 4.69) is 0 Å². The van der Waals surface area contributed by atoms with Gasteiger partial charge in [0.15, 0.2) is 17.2 Å². The molecule has 35 heavy (non-hydrogen) atoms. The maximum atomic E-state index is 14.1. The van der Waals surface area contributed by atoms with Gasteiger partial charge in [-0.3, -0.25) is 14.6 Å². The van der Waals surface area contributed by atoms with Crippen LogP contribution in [0.2, 0.25) is 0 Å². The number of ether oxygens (including phenoxy) is 4. The number of carbonyl (C=O) groups excluding carboxylic acids is 2. The lowest BCUT2D eigenvalue weighted by Crippen LogP contribution is -2.67. The van der Waals surface area contributed by atoms with E-state index < -0.39 is 23.7 Å². The number of carbonyl (C=O) groups is 2. The molecule has 180 valence electrons. The number of anilines is 1. The average Bonchev–Trinajstić information content (AvgIpc) is 2.87. The molecule has 0 N–H and O–H groups in total. The summed E-state index contributed by atoms with van der Waals surface area (Å²) < 4.78 is 22.6. The van der Waals surface area contributed by atoms with Gasteiger partial charge in [-0.05, 0) is 37.3 Å². The third-order valence-electron chi connectivity index (χ3n) is 6.51. The van der Waals surface area contributed by atoms with E-state index in [1.165, 1.54) is 26.2 Å². The summed E-state index contributed by atoms with van der Waals surface area (Å²) in [5, 5.41) is 0. The highest BCUT2D eigenvalue weighted by molar-refractivity contribution is 6.11. The maximum absolute atomic E-state index is 14.1. The van der Waals surface area contributed by atoms with Crippen molar-refractivity contribution in [3.8, 4) is 23.0 Å². The van der Waals surface area contributed by atoms with E-state index in [0.717, 1.165) is 5.56 Å². The quantitative estimate of drug-likeness (QED) is 0.516. The zero-order valence-electron chi connectivity index (χ0n) is 20.0. The summed E-state index contributed by atoms with van der Waals surface area (Å²) in [5.74, 6) is 1.20. The third-order valence-corrected chi connectivity index (χ3v) is 6.51. The molecular weight excluding hydrogens is 448 g/mol. The number of nitrogens with zero attached hydrogens (tertiary/aromatic N) is 2. The Kier molecular flexibility index (Phi) is 5.51. The van der Waals surface area contributed by atoms with Gasteiger partial charge in [-0.1, -0.05) is 36.4 Å². The molecule has 1 saturated heterocycles. The maximum Gasteiger partial charge on any atom is 0.335 e. The van der Waals surface area contributed by atoms with E-state index in [1.807, 2.05) is 61.5 Å². The van der Waals surface area contributed by atoms with Crippen LogP contribution < -0.4 is 23.8 Å². The highest BCUT2D eigenvalue weighted by Gasteiger charge is 2.55. The van der Waals surface area contributed by atoms with Gasteiger partial charge in [-0.25, -0.2) is 4.79 Å². The molecule has 2 bridgehead atoms. The smallest absolute Gasteiger partial charge is 0.335 e. The summed E-state index contributed by atoms with van der Waals surface area (Å²) in [6, 6.07) is 18.9. The van der Waals surface area contributed by atoms with E-state index >= 15 is 0 Å². The molecule has 0 aromatic heterocycles. The van der Waals surface area contributed by atoms with Gasteiger partial charge in [0.25, 0.3) is 5.91 Å². The molecule has 3 amide bonds. The molecule has 8 nitrogen and oxygen atoms in total. The summed E-state index contributed by atoms with van der Waals surface area (Å²) >= 11 is 0. The lowest BCUT2D eigenvalue weighted by molar-refractivity contribution is 0.00266. The number of benzene rings is 3.